The highest BCUT2D eigenvalue weighted by molar-refractivity contribution is 6.37. The summed E-state index contributed by atoms with van der Waals surface area (Å²) in [6, 6.07) is 7.47. The molecule has 0 aromatic heterocycles. The molecule has 0 saturated carbocycles. The standard InChI is InChI=1S/C16H19N3O4/c1-10(2)11-5-3-4-6-12(11)17-15(21)9-23-16(22)13-7-8-14(20)19-18-13/h3-6,10H,7-9H2,1-2H3,(H,17,21)(H,19,20). The number of anilines is 1. The molecule has 0 fully saturated rings. The van der Waals surface area contributed by atoms with E-state index >= 15 is 0 Å². The van der Waals surface area contributed by atoms with Crippen molar-refractivity contribution >= 4 is 29.2 Å². The van der Waals surface area contributed by atoms with Crippen molar-refractivity contribution in [2.24, 2.45) is 5.10 Å². The number of amides is 2. The van der Waals surface area contributed by atoms with Crippen LogP contribution in [-0.2, 0) is 19.1 Å². The van der Waals surface area contributed by atoms with E-state index in [1.165, 1.54) is 0 Å². The zero-order valence-electron chi connectivity index (χ0n) is 13.1. The van der Waals surface area contributed by atoms with E-state index in [2.05, 4.69) is 15.8 Å². The number of hydrogen-bond acceptors (Lipinski definition) is 5. The summed E-state index contributed by atoms with van der Waals surface area (Å²) in [5.41, 5.74) is 4.03. The first-order valence-electron chi connectivity index (χ1n) is 7.38. The van der Waals surface area contributed by atoms with Crippen molar-refractivity contribution in [3.63, 3.8) is 0 Å². The number of nitrogens with one attached hydrogen (secondary N) is 2. The van der Waals surface area contributed by atoms with Gasteiger partial charge in [-0.15, -0.1) is 0 Å². The summed E-state index contributed by atoms with van der Waals surface area (Å²) < 4.78 is 4.92. The third-order valence-corrected chi connectivity index (χ3v) is 3.33. The quantitative estimate of drug-likeness (QED) is 0.805. The van der Waals surface area contributed by atoms with Crippen molar-refractivity contribution in [3.05, 3.63) is 29.8 Å². The molecule has 7 nitrogen and oxygen atoms in total. The fourth-order valence-electron chi connectivity index (χ4n) is 2.14. The third-order valence-electron chi connectivity index (χ3n) is 3.33. The molecule has 0 radical (unpaired) electrons. The number of esters is 1. The lowest BCUT2D eigenvalue weighted by atomic mass is 10.0. The van der Waals surface area contributed by atoms with E-state index in [-0.39, 0.29) is 30.4 Å². The van der Waals surface area contributed by atoms with Gasteiger partial charge in [0.05, 0.1) is 0 Å². The molecule has 0 saturated heterocycles. The van der Waals surface area contributed by atoms with Crippen LogP contribution in [0.2, 0.25) is 0 Å². The van der Waals surface area contributed by atoms with Crippen LogP contribution < -0.4 is 10.7 Å². The average Bonchev–Trinajstić information content (AvgIpc) is 2.53. The topological polar surface area (TPSA) is 96.9 Å². The van der Waals surface area contributed by atoms with E-state index in [9.17, 15) is 14.4 Å². The fourth-order valence-corrected chi connectivity index (χ4v) is 2.14. The van der Waals surface area contributed by atoms with Crippen LogP contribution in [0.4, 0.5) is 5.69 Å². The number of hydrogen-bond donors (Lipinski definition) is 2. The Morgan fingerprint density at radius 3 is 2.70 bits per heavy atom. The van der Waals surface area contributed by atoms with Crippen LogP contribution in [-0.4, -0.2) is 30.1 Å². The minimum Gasteiger partial charge on any atom is -0.451 e. The first-order valence-corrected chi connectivity index (χ1v) is 7.38. The Bertz CT molecular complexity index is 652. The molecule has 122 valence electrons. The fraction of sp³-hybridized carbons (Fsp3) is 0.375. The maximum Gasteiger partial charge on any atom is 0.355 e. The van der Waals surface area contributed by atoms with Gasteiger partial charge in [-0.25, -0.2) is 10.2 Å². The summed E-state index contributed by atoms with van der Waals surface area (Å²) in [6.45, 7) is 3.65. The van der Waals surface area contributed by atoms with Crippen LogP contribution in [0.25, 0.3) is 0 Å². The lowest BCUT2D eigenvalue weighted by Crippen LogP contribution is -2.32. The number of hydrazone groups is 1. The van der Waals surface area contributed by atoms with Crippen LogP contribution >= 0.6 is 0 Å². The van der Waals surface area contributed by atoms with E-state index in [1.54, 1.807) is 6.07 Å². The molecule has 7 heteroatoms. The summed E-state index contributed by atoms with van der Waals surface area (Å²) in [7, 11) is 0. The van der Waals surface area contributed by atoms with Crippen LogP contribution in [0.15, 0.2) is 29.4 Å². The molecule has 23 heavy (non-hydrogen) atoms. The van der Waals surface area contributed by atoms with Gasteiger partial charge in [0.15, 0.2) is 6.61 Å². The van der Waals surface area contributed by atoms with E-state index in [4.69, 9.17) is 4.74 Å². The molecule has 0 bridgehead atoms. The summed E-state index contributed by atoms with van der Waals surface area (Å²) >= 11 is 0. The van der Waals surface area contributed by atoms with Crippen LogP contribution in [0, 0.1) is 0 Å². The Kier molecular flexibility index (Phi) is 5.46. The Balaban J connectivity index is 1.88. The average molecular weight is 317 g/mol. The second-order valence-electron chi connectivity index (χ2n) is 5.46. The monoisotopic (exact) mass is 317 g/mol. The summed E-state index contributed by atoms with van der Waals surface area (Å²) in [6.07, 6.45) is 0.393. The number of benzene rings is 1. The van der Waals surface area contributed by atoms with Gasteiger partial charge in [-0.1, -0.05) is 32.0 Å². The number of rotatable bonds is 5. The second kappa shape index (κ2) is 7.53. The number of para-hydroxylation sites is 1. The van der Waals surface area contributed by atoms with Gasteiger partial charge in [0.1, 0.15) is 5.71 Å². The SMILES string of the molecule is CC(C)c1ccccc1NC(=O)COC(=O)C1=NNC(=O)CC1. The van der Waals surface area contributed by atoms with Gasteiger partial charge in [0.2, 0.25) is 5.91 Å². The minimum atomic E-state index is -0.697. The molecule has 0 aliphatic carbocycles. The Labute approximate surface area is 134 Å². The highest BCUT2D eigenvalue weighted by Gasteiger charge is 2.20. The molecule has 1 aliphatic rings. The Hall–Kier alpha value is -2.70. The summed E-state index contributed by atoms with van der Waals surface area (Å²) in [5.74, 6) is -1.11. The highest BCUT2D eigenvalue weighted by atomic mass is 16.5. The van der Waals surface area contributed by atoms with Crippen molar-refractivity contribution in [2.45, 2.75) is 32.6 Å². The van der Waals surface area contributed by atoms with Crippen molar-refractivity contribution in [2.75, 3.05) is 11.9 Å². The van der Waals surface area contributed by atoms with E-state index < -0.39 is 18.5 Å². The van der Waals surface area contributed by atoms with Crippen LogP contribution in [0.1, 0.15) is 38.2 Å². The van der Waals surface area contributed by atoms with Gasteiger partial charge >= 0.3 is 5.97 Å². The molecule has 1 aromatic rings. The maximum absolute atomic E-state index is 11.9. The van der Waals surface area contributed by atoms with Crippen molar-refractivity contribution in [3.8, 4) is 0 Å². The van der Waals surface area contributed by atoms with E-state index in [0.29, 0.717) is 5.69 Å². The molecule has 1 aromatic carbocycles. The minimum absolute atomic E-state index is 0.111. The van der Waals surface area contributed by atoms with Crippen molar-refractivity contribution < 1.29 is 19.1 Å². The first-order chi connectivity index (χ1) is 11.0. The molecule has 1 heterocycles. The van der Waals surface area contributed by atoms with Gasteiger partial charge < -0.3 is 10.1 Å². The van der Waals surface area contributed by atoms with Gasteiger partial charge in [0, 0.05) is 18.5 Å². The largest absolute Gasteiger partial charge is 0.451 e. The Morgan fingerprint density at radius 2 is 2.04 bits per heavy atom. The molecule has 0 atom stereocenters. The zero-order chi connectivity index (χ0) is 16.8. The summed E-state index contributed by atoms with van der Waals surface area (Å²) in [4.78, 5) is 34.6. The van der Waals surface area contributed by atoms with Crippen molar-refractivity contribution in [1.82, 2.24) is 5.43 Å². The van der Waals surface area contributed by atoms with E-state index in [0.717, 1.165) is 5.56 Å². The zero-order valence-corrected chi connectivity index (χ0v) is 13.1. The number of ether oxygens (including phenoxy) is 1. The van der Waals surface area contributed by atoms with Gasteiger partial charge in [-0.2, -0.15) is 5.10 Å². The molecule has 1 aliphatic heterocycles. The van der Waals surface area contributed by atoms with Crippen molar-refractivity contribution in [1.29, 1.82) is 0 Å². The molecular formula is C16H19N3O4. The normalized spacial score (nSPS) is 14.0. The number of carbonyl (C=O) groups excluding carboxylic acids is 3. The predicted molar refractivity (Wildman–Crippen MR) is 84.9 cm³/mol. The van der Waals surface area contributed by atoms with Gasteiger partial charge in [0.25, 0.3) is 5.91 Å². The van der Waals surface area contributed by atoms with Gasteiger partial charge in [-0.05, 0) is 17.5 Å². The van der Waals surface area contributed by atoms with Crippen LogP contribution in [0.3, 0.4) is 0 Å². The number of carbonyl (C=O) groups is 3. The predicted octanol–water partition coefficient (Wildman–Crippen LogP) is 1.56. The number of nitrogens with zero attached hydrogens (tertiary/aromatic N) is 1. The molecule has 0 spiro atoms. The van der Waals surface area contributed by atoms with E-state index in [1.807, 2.05) is 32.0 Å². The molecule has 0 unspecified atom stereocenters. The van der Waals surface area contributed by atoms with Crippen LogP contribution in [0.5, 0.6) is 0 Å². The lowest BCUT2D eigenvalue weighted by molar-refractivity contribution is -0.140. The smallest absolute Gasteiger partial charge is 0.355 e. The van der Waals surface area contributed by atoms with Gasteiger partial charge in [-0.3, -0.25) is 9.59 Å². The third kappa shape index (κ3) is 4.64. The molecular weight excluding hydrogens is 298 g/mol. The first kappa shape index (κ1) is 16.7. The molecule has 2 rings (SSSR count). The lowest BCUT2D eigenvalue weighted by Gasteiger charge is -2.14. The molecule has 2 amide bonds. The Morgan fingerprint density at radius 1 is 1.30 bits per heavy atom. The highest BCUT2D eigenvalue weighted by Crippen LogP contribution is 2.23. The molecule has 2 N–H and O–H groups in total. The second-order valence-corrected chi connectivity index (χ2v) is 5.46. The maximum atomic E-state index is 11.9. The summed E-state index contributed by atoms with van der Waals surface area (Å²) in [5, 5.41) is 6.35.